The largest absolute Gasteiger partial charge is 0.497 e. The van der Waals surface area contributed by atoms with Crippen molar-refractivity contribution in [2.45, 2.75) is 6.92 Å². The van der Waals surface area contributed by atoms with Gasteiger partial charge >= 0.3 is 0 Å². The Morgan fingerprint density at radius 2 is 1.85 bits per heavy atom. The summed E-state index contributed by atoms with van der Waals surface area (Å²) >= 11 is 0. The van der Waals surface area contributed by atoms with E-state index in [9.17, 15) is 0 Å². The van der Waals surface area contributed by atoms with Gasteiger partial charge in [0.25, 0.3) is 5.65 Å². The molecule has 0 spiro atoms. The highest BCUT2D eigenvalue weighted by atomic mass is 16.5. The minimum Gasteiger partial charge on any atom is -0.497 e. The molecule has 3 heterocycles. The van der Waals surface area contributed by atoms with E-state index in [1.807, 2.05) is 6.07 Å². The molecule has 0 fully saturated rings. The molecule has 5 aromatic rings. The lowest BCUT2D eigenvalue weighted by molar-refractivity contribution is -0.479. The molecule has 0 amide bonds. The summed E-state index contributed by atoms with van der Waals surface area (Å²) in [6, 6.07) is 21.4. The van der Waals surface area contributed by atoms with E-state index in [2.05, 4.69) is 81.8 Å². The Morgan fingerprint density at radius 3 is 2.69 bits per heavy atom. The van der Waals surface area contributed by atoms with Gasteiger partial charge in [0.15, 0.2) is 5.52 Å². The molecule has 4 heteroatoms. The molecule has 26 heavy (non-hydrogen) atoms. The lowest BCUT2D eigenvalue weighted by Gasteiger charge is -2.04. The van der Waals surface area contributed by atoms with Crippen LogP contribution in [0.1, 0.15) is 6.92 Å². The number of ether oxygens (including phenoxy) is 1. The zero-order valence-corrected chi connectivity index (χ0v) is 14.9. The summed E-state index contributed by atoms with van der Waals surface area (Å²) < 4.78 is 9.94. The van der Waals surface area contributed by atoms with E-state index < -0.39 is 0 Å². The summed E-state index contributed by atoms with van der Waals surface area (Å²) in [5.74, 6) is 0.877. The zero-order valence-electron chi connectivity index (χ0n) is 14.9. The van der Waals surface area contributed by atoms with Crippen molar-refractivity contribution in [3.63, 3.8) is 0 Å². The van der Waals surface area contributed by atoms with Gasteiger partial charge in [0.2, 0.25) is 0 Å². The van der Waals surface area contributed by atoms with Gasteiger partial charge in [-0.3, -0.25) is 0 Å². The zero-order chi connectivity index (χ0) is 17.7. The lowest BCUT2D eigenvalue weighted by atomic mass is 10.2. The molecule has 0 unspecified atom stereocenters. The summed E-state index contributed by atoms with van der Waals surface area (Å²) in [7, 11) is 1.70. The molecule has 0 bridgehead atoms. The van der Waals surface area contributed by atoms with Crippen LogP contribution in [0.2, 0.25) is 0 Å². The van der Waals surface area contributed by atoms with Crippen LogP contribution < -0.4 is 14.5 Å². The molecule has 4 nitrogen and oxygen atoms in total. The number of hydrogen-bond acceptors (Lipinski definition) is 2. The summed E-state index contributed by atoms with van der Waals surface area (Å²) in [5, 5.41) is 5.77. The van der Waals surface area contributed by atoms with Crippen LogP contribution in [0.4, 0.5) is 5.69 Å². The van der Waals surface area contributed by atoms with Gasteiger partial charge in [0, 0.05) is 29.1 Å². The number of rotatable bonds is 3. The number of pyridine rings is 2. The van der Waals surface area contributed by atoms with Gasteiger partial charge in [-0.05, 0) is 61.5 Å². The second-order valence-corrected chi connectivity index (χ2v) is 6.51. The summed E-state index contributed by atoms with van der Waals surface area (Å²) in [5.41, 5.74) is 5.86. The molecule has 0 aliphatic heterocycles. The van der Waals surface area contributed by atoms with Crippen molar-refractivity contribution >= 4 is 38.7 Å². The van der Waals surface area contributed by atoms with Gasteiger partial charge in [-0.1, -0.05) is 0 Å². The summed E-state index contributed by atoms with van der Waals surface area (Å²) in [4.78, 5) is 0. The third-order valence-electron chi connectivity index (χ3n) is 4.98. The molecule has 1 N–H and O–H groups in total. The topological polar surface area (TPSA) is 29.8 Å². The van der Waals surface area contributed by atoms with E-state index in [0.717, 1.165) is 29.0 Å². The molecule has 0 atom stereocenters. The fraction of sp³-hybridized carbons (Fsp3) is 0.136. The van der Waals surface area contributed by atoms with E-state index in [0.29, 0.717) is 0 Å². The number of benzene rings is 2. The number of nitrogens with one attached hydrogen (secondary N) is 1. The first kappa shape index (κ1) is 15.0. The van der Waals surface area contributed by atoms with E-state index in [4.69, 9.17) is 4.74 Å². The molecule has 0 radical (unpaired) electrons. The van der Waals surface area contributed by atoms with Crippen LogP contribution >= 0.6 is 0 Å². The van der Waals surface area contributed by atoms with Gasteiger partial charge in [-0.25, -0.2) is 0 Å². The first-order chi connectivity index (χ1) is 12.8. The van der Waals surface area contributed by atoms with Crippen molar-refractivity contribution in [2.75, 3.05) is 19.0 Å². The SMILES string of the molecule is CCNc1ccc2c(ccc3n4c(ccc5cc(OC)ccc54)c[n+]23)c1. The Morgan fingerprint density at radius 1 is 0.962 bits per heavy atom. The van der Waals surface area contributed by atoms with Crippen LogP contribution in [-0.4, -0.2) is 18.1 Å². The maximum Gasteiger partial charge on any atom is 0.292 e. The standard InChI is InChI=1S/C22H20N3O/c1-3-23-17-6-9-20-15(12-17)5-11-22-24(20)14-18-7-4-16-13-19(26-2)8-10-21(16)25(18)22/h4-14,23H,3H2,1-2H3/q+1. The van der Waals surface area contributed by atoms with Crippen LogP contribution in [-0.2, 0) is 0 Å². The van der Waals surface area contributed by atoms with E-state index in [1.165, 1.54) is 21.9 Å². The number of hydrogen-bond donors (Lipinski definition) is 1. The number of fused-ring (bicyclic) bond motifs is 7. The first-order valence-corrected chi connectivity index (χ1v) is 8.89. The van der Waals surface area contributed by atoms with Crippen LogP contribution in [0.5, 0.6) is 5.75 Å². The number of methoxy groups -OCH3 is 1. The maximum absolute atomic E-state index is 5.37. The highest BCUT2D eigenvalue weighted by molar-refractivity contribution is 5.87. The van der Waals surface area contributed by atoms with Gasteiger partial charge in [-0.15, -0.1) is 0 Å². The molecule has 3 aromatic heterocycles. The Bertz CT molecular complexity index is 1290. The minimum absolute atomic E-state index is 0.877. The average Bonchev–Trinajstić information content (AvgIpc) is 3.07. The Balaban J connectivity index is 1.85. The molecular formula is C22H20N3O+. The van der Waals surface area contributed by atoms with Gasteiger partial charge in [0.05, 0.1) is 7.11 Å². The van der Waals surface area contributed by atoms with E-state index in [-0.39, 0.29) is 0 Å². The van der Waals surface area contributed by atoms with E-state index >= 15 is 0 Å². The second-order valence-electron chi connectivity index (χ2n) is 6.51. The molecule has 5 rings (SSSR count). The highest BCUT2D eigenvalue weighted by Gasteiger charge is 2.17. The predicted octanol–water partition coefficient (Wildman–Crippen LogP) is 4.42. The monoisotopic (exact) mass is 342 g/mol. The molecule has 0 saturated heterocycles. The molecular weight excluding hydrogens is 322 g/mol. The maximum atomic E-state index is 5.37. The molecule has 0 aliphatic rings. The third kappa shape index (κ3) is 2.12. The van der Waals surface area contributed by atoms with Crippen molar-refractivity contribution in [1.29, 1.82) is 0 Å². The first-order valence-electron chi connectivity index (χ1n) is 8.89. The molecule has 0 saturated carbocycles. The number of imidazole rings is 1. The summed E-state index contributed by atoms with van der Waals surface area (Å²) in [6.07, 6.45) is 2.20. The van der Waals surface area contributed by atoms with Gasteiger partial charge in [-0.2, -0.15) is 8.80 Å². The second kappa shape index (κ2) is 5.63. The van der Waals surface area contributed by atoms with Crippen molar-refractivity contribution in [3.8, 4) is 5.75 Å². The lowest BCUT2D eigenvalue weighted by Crippen LogP contribution is -2.19. The highest BCUT2D eigenvalue weighted by Crippen LogP contribution is 2.25. The molecule has 0 aliphatic carbocycles. The molecule has 128 valence electrons. The van der Waals surface area contributed by atoms with Crippen molar-refractivity contribution < 1.29 is 9.14 Å². The summed E-state index contributed by atoms with van der Waals surface area (Å²) in [6.45, 7) is 3.04. The smallest absolute Gasteiger partial charge is 0.292 e. The normalized spacial score (nSPS) is 11.6. The quantitative estimate of drug-likeness (QED) is 0.492. The van der Waals surface area contributed by atoms with Crippen molar-refractivity contribution in [3.05, 3.63) is 66.9 Å². The Kier molecular flexibility index (Phi) is 3.25. The fourth-order valence-electron chi connectivity index (χ4n) is 3.78. The average molecular weight is 342 g/mol. The third-order valence-corrected chi connectivity index (χ3v) is 4.98. The minimum atomic E-state index is 0.877. The van der Waals surface area contributed by atoms with Crippen LogP contribution in [0.25, 0.3) is 33.0 Å². The number of nitrogens with zero attached hydrogens (tertiary/aromatic N) is 2. The van der Waals surface area contributed by atoms with Gasteiger partial charge in [0.1, 0.15) is 23.0 Å². The van der Waals surface area contributed by atoms with Crippen LogP contribution in [0.3, 0.4) is 0 Å². The number of anilines is 1. The molecule has 2 aromatic carbocycles. The Hall–Kier alpha value is -3.27. The fourth-order valence-corrected chi connectivity index (χ4v) is 3.78. The number of aromatic nitrogens is 2. The Labute approximate surface area is 151 Å². The van der Waals surface area contributed by atoms with E-state index in [1.54, 1.807) is 7.11 Å². The van der Waals surface area contributed by atoms with Crippen molar-refractivity contribution in [1.82, 2.24) is 4.40 Å². The van der Waals surface area contributed by atoms with Crippen LogP contribution in [0.15, 0.2) is 66.9 Å². The van der Waals surface area contributed by atoms with Crippen LogP contribution in [0, 0.1) is 0 Å². The van der Waals surface area contributed by atoms with Crippen molar-refractivity contribution in [2.24, 2.45) is 0 Å². The predicted molar refractivity (Wildman–Crippen MR) is 106 cm³/mol. The van der Waals surface area contributed by atoms with Gasteiger partial charge < -0.3 is 10.1 Å².